The van der Waals surface area contributed by atoms with Gasteiger partial charge in [0.15, 0.2) is 0 Å². The lowest BCUT2D eigenvalue weighted by atomic mass is 9.78. The van der Waals surface area contributed by atoms with Gasteiger partial charge in [-0.1, -0.05) is 28.1 Å². The Balaban J connectivity index is 1.37. The quantitative estimate of drug-likeness (QED) is 0.294. The summed E-state index contributed by atoms with van der Waals surface area (Å²) in [4.78, 5) is 0.326. The van der Waals surface area contributed by atoms with Crippen molar-refractivity contribution in [2.75, 3.05) is 0 Å². The van der Waals surface area contributed by atoms with Gasteiger partial charge in [-0.15, -0.1) is 0 Å². The van der Waals surface area contributed by atoms with Crippen LogP contribution < -0.4 is 0 Å². The first kappa shape index (κ1) is 30.0. The predicted molar refractivity (Wildman–Crippen MR) is 149 cm³/mol. The molecule has 0 saturated carbocycles. The topological polar surface area (TPSA) is 77.4 Å². The van der Waals surface area contributed by atoms with Crippen LogP contribution in [0, 0.1) is 0 Å². The summed E-state index contributed by atoms with van der Waals surface area (Å²) in [5.41, 5.74) is -3.11. The van der Waals surface area contributed by atoms with Crippen molar-refractivity contribution in [2.24, 2.45) is 0 Å². The summed E-state index contributed by atoms with van der Waals surface area (Å²) in [5.74, 6) is 0. The summed E-state index contributed by atoms with van der Waals surface area (Å²) in [6.07, 6.45) is 11.4. The lowest BCUT2D eigenvalue weighted by Crippen LogP contribution is -2.60. The first-order valence-corrected chi connectivity index (χ1v) is 15.3. The Morgan fingerprint density at radius 2 is 1.51 bits per heavy atom. The Morgan fingerprint density at radius 1 is 0.865 bits per heavy atom. The van der Waals surface area contributed by atoms with E-state index in [1.165, 1.54) is 0 Å². The van der Waals surface area contributed by atoms with Crippen molar-refractivity contribution >= 4 is 15.9 Å². The molecular weight excluding hydrogens is 536 g/mol. The van der Waals surface area contributed by atoms with Gasteiger partial charge in [0.05, 0.1) is 58.0 Å². The normalized spacial score (nSPS) is 49.1. The van der Waals surface area contributed by atoms with Crippen LogP contribution in [0.25, 0.3) is 0 Å². The van der Waals surface area contributed by atoms with Crippen LogP contribution in [0.4, 0.5) is 0 Å². The smallest absolute Gasteiger partial charge is 0.0923 e. The molecule has 7 heteroatoms. The summed E-state index contributed by atoms with van der Waals surface area (Å²) < 4.78 is 26.2. The zero-order valence-corrected chi connectivity index (χ0v) is 25.9. The molecule has 0 aromatic heterocycles. The number of aliphatic hydroxyl groups is 2. The molecule has 4 heterocycles. The van der Waals surface area contributed by atoms with E-state index in [9.17, 15) is 10.2 Å². The van der Waals surface area contributed by atoms with E-state index in [0.29, 0.717) is 17.7 Å². The van der Waals surface area contributed by atoms with E-state index in [2.05, 4.69) is 62.7 Å². The minimum Gasteiger partial charge on any atom is -0.388 e. The summed E-state index contributed by atoms with van der Waals surface area (Å²) in [6, 6.07) is 0. The van der Waals surface area contributed by atoms with Gasteiger partial charge in [-0.25, -0.2) is 0 Å². The fourth-order valence-corrected chi connectivity index (χ4v) is 7.23. The fourth-order valence-electron chi connectivity index (χ4n) is 6.91. The van der Waals surface area contributed by atoms with Gasteiger partial charge in [0.2, 0.25) is 0 Å². The van der Waals surface area contributed by atoms with Crippen molar-refractivity contribution in [3.8, 4) is 0 Å². The van der Waals surface area contributed by atoms with E-state index >= 15 is 0 Å². The molecule has 9 atom stereocenters. The monoisotopic (exact) mass is 586 g/mol. The minimum atomic E-state index is -0.878. The molecule has 0 aromatic rings. The van der Waals surface area contributed by atoms with Crippen LogP contribution in [0.15, 0.2) is 12.2 Å². The first-order valence-electron chi connectivity index (χ1n) is 14.4. The Morgan fingerprint density at radius 3 is 2.14 bits per heavy atom. The lowest BCUT2D eigenvalue weighted by molar-refractivity contribution is -0.260. The molecule has 0 aliphatic carbocycles. The van der Waals surface area contributed by atoms with Gasteiger partial charge in [0, 0.05) is 4.83 Å². The Kier molecular flexibility index (Phi) is 8.19. The van der Waals surface area contributed by atoms with Crippen LogP contribution in [0.1, 0.15) is 113 Å². The Hall–Kier alpha value is -0.0200. The molecule has 0 bridgehead atoms. The van der Waals surface area contributed by atoms with Gasteiger partial charge in [-0.3, -0.25) is 0 Å². The van der Waals surface area contributed by atoms with Gasteiger partial charge in [0.1, 0.15) is 0 Å². The molecule has 4 saturated heterocycles. The molecule has 6 nitrogen and oxygen atoms in total. The van der Waals surface area contributed by atoms with Gasteiger partial charge in [-0.2, -0.15) is 0 Å². The molecule has 37 heavy (non-hydrogen) atoms. The van der Waals surface area contributed by atoms with Crippen molar-refractivity contribution in [1.29, 1.82) is 0 Å². The molecule has 4 aliphatic rings. The highest BCUT2D eigenvalue weighted by Crippen LogP contribution is 2.47. The molecular formula is C30H51BrO6. The van der Waals surface area contributed by atoms with E-state index in [4.69, 9.17) is 18.9 Å². The molecule has 4 fully saturated rings. The minimum absolute atomic E-state index is 0.00192. The van der Waals surface area contributed by atoms with Crippen LogP contribution >= 0.6 is 15.9 Å². The second kappa shape index (κ2) is 10.1. The number of rotatable bonds is 6. The predicted octanol–water partition coefficient (Wildman–Crippen LogP) is 5.99. The molecule has 4 rings (SSSR count). The van der Waals surface area contributed by atoms with Crippen LogP contribution in [0.5, 0.6) is 0 Å². The summed E-state index contributed by atoms with van der Waals surface area (Å²) >= 11 is 3.78. The van der Waals surface area contributed by atoms with Crippen LogP contribution in [0.3, 0.4) is 0 Å². The number of hydrogen-bond donors (Lipinski definition) is 2. The highest BCUT2D eigenvalue weighted by Gasteiger charge is 2.53. The third-order valence-electron chi connectivity index (χ3n) is 9.68. The highest BCUT2D eigenvalue weighted by molar-refractivity contribution is 9.09. The van der Waals surface area contributed by atoms with E-state index in [-0.39, 0.29) is 46.8 Å². The molecule has 4 aliphatic heterocycles. The first-order chi connectivity index (χ1) is 16.9. The zero-order valence-electron chi connectivity index (χ0n) is 24.3. The van der Waals surface area contributed by atoms with E-state index in [1.54, 1.807) is 0 Å². The molecule has 0 radical (unpaired) electrons. The summed E-state index contributed by atoms with van der Waals surface area (Å²) in [6.45, 7) is 16.2. The van der Waals surface area contributed by atoms with Crippen LogP contribution in [-0.4, -0.2) is 73.1 Å². The van der Waals surface area contributed by atoms with Crippen LogP contribution in [0.2, 0.25) is 0 Å². The summed E-state index contributed by atoms with van der Waals surface area (Å²) in [7, 11) is 0. The number of hydrogen-bond acceptors (Lipinski definition) is 6. The van der Waals surface area contributed by atoms with Crippen molar-refractivity contribution in [3.05, 3.63) is 12.2 Å². The zero-order chi connectivity index (χ0) is 27.5. The molecule has 0 spiro atoms. The largest absolute Gasteiger partial charge is 0.388 e. The summed E-state index contributed by atoms with van der Waals surface area (Å²) in [5, 5.41) is 21.6. The maximum Gasteiger partial charge on any atom is 0.0923 e. The standard InChI is InChI=1S/C30H51BrO6/c1-25(2,32)21-14-19-29(7,36-21)24-12-16-27(5,35-24)15-9-10-22-28(6,33)17-13-23(34-22)30(8)18-11-20(31)26(3,4)37-30/h9,15,20-24,32-33H,10-14,16-19H2,1-8H3/b15-9+/t20-,21-,22?,23-,24+,27-,28+,29-,30+/m1/s1. The van der Waals surface area contributed by atoms with Crippen LogP contribution in [-0.2, 0) is 18.9 Å². The van der Waals surface area contributed by atoms with Crippen molar-refractivity contribution < 1.29 is 29.2 Å². The molecule has 0 aromatic carbocycles. The SMILES string of the molecule is CC(C)(O)[C@H]1CC[C@](C)([C@@H]2CC[C@@](C)(/C=C/CC3O[C@@H]([C@]4(C)CC[C@@H](Br)C(C)(C)O4)CC[C@]3(C)O)O2)O1. The van der Waals surface area contributed by atoms with Gasteiger partial charge in [-0.05, 0) is 113 Å². The number of alkyl halides is 1. The third kappa shape index (κ3) is 6.34. The number of ether oxygens (including phenoxy) is 4. The average molecular weight is 588 g/mol. The van der Waals surface area contributed by atoms with Gasteiger partial charge >= 0.3 is 0 Å². The fraction of sp³-hybridized carbons (Fsp3) is 0.933. The maximum atomic E-state index is 11.2. The second-order valence-electron chi connectivity index (χ2n) is 14.2. The lowest BCUT2D eigenvalue weighted by Gasteiger charge is -2.53. The third-order valence-corrected chi connectivity index (χ3v) is 11.2. The molecule has 2 N–H and O–H groups in total. The Labute approximate surface area is 233 Å². The highest BCUT2D eigenvalue weighted by atomic mass is 79.9. The van der Waals surface area contributed by atoms with Crippen molar-refractivity contribution in [2.45, 2.75) is 176 Å². The van der Waals surface area contributed by atoms with Crippen molar-refractivity contribution in [3.63, 3.8) is 0 Å². The number of halogens is 1. The van der Waals surface area contributed by atoms with E-state index in [1.807, 2.05) is 20.8 Å². The second-order valence-corrected chi connectivity index (χ2v) is 15.3. The van der Waals surface area contributed by atoms with E-state index in [0.717, 1.165) is 44.9 Å². The maximum absolute atomic E-state index is 11.2. The molecule has 0 amide bonds. The van der Waals surface area contributed by atoms with Gasteiger partial charge in [0.25, 0.3) is 0 Å². The van der Waals surface area contributed by atoms with E-state index < -0.39 is 11.2 Å². The Bertz CT molecular complexity index is 851. The average Bonchev–Trinajstić information content (AvgIpc) is 3.36. The molecule has 214 valence electrons. The molecule has 1 unspecified atom stereocenters. The van der Waals surface area contributed by atoms with Gasteiger partial charge < -0.3 is 29.2 Å². The van der Waals surface area contributed by atoms with Crippen molar-refractivity contribution in [1.82, 2.24) is 0 Å².